The van der Waals surface area contributed by atoms with Crippen LogP contribution in [0.5, 0.6) is 17.2 Å². The van der Waals surface area contributed by atoms with E-state index in [9.17, 15) is 9.59 Å². The Morgan fingerprint density at radius 3 is 2.38 bits per heavy atom. The van der Waals surface area contributed by atoms with Crippen molar-refractivity contribution in [1.82, 2.24) is 10.3 Å². The van der Waals surface area contributed by atoms with Crippen molar-refractivity contribution in [3.05, 3.63) is 51.8 Å². The lowest BCUT2D eigenvalue weighted by atomic mass is 10.0. The summed E-state index contributed by atoms with van der Waals surface area (Å²) in [5.41, 5.74) is 3.22. The molecule has 0 unspecified atom stereocenters. The third kappa shape index (κ3) is 4.18. The number of carbonyl (C=O) groups is 1. The fourth-order valence-electron chi connectivity index (χ4n) is 3.38. The Bertz CT molecular complexity index is 1080. The van der Waals surface area contributed by atoms with Gasteiger partial charge >= 0.3 is 0 Å². The molecule has 2 N–H and O–H groups in total. The summed E-state index contributed by atoms with van der Waals surface area (Å²) in [5, 5.41) is 3.78. The number of H-pyrrole nitrogens is 1. The Balaban J connectivity index is 2.04. The number of pyridine rings is 1. The predicted molar refractivity (Wildman–Crippen MR) is 112 cm³/mol. The first kappa shape index (κ1) is 20.3. The van der Waals surface area contributed by atoms with Crippen LogP contribution in [0.3, 0.4) is 0 Å². The van der Waals surface area contributed by atoms with Crippen molar-refractivity contribution in [2.75, 3.05) is 27.4 Å². The number of aromatic nitrogens is 1. The van der Waals surface area contributed by atoms with E-state index in [2.05, 4.69) is 10.3 Å². The molecular weight excluding hydrogens is 372 g/mol. The molecule has 0 aliphatic rings. The van der Waals surface area contributed by atoms with Gasteiger partial charge < -0.3 is 24.5 Å². The fourth-order valence-corrected chi connectivity index (χ4v) is 3.38. The molecule has 0 radical (unpaired) electrons. The molecule has 1 aromatic heterocycles. The van der Waals surface area contributed by atoms with Crippen molar-refractivity contribution < 1.29 is 19.0 Å². The third-order valence-corrected chi connectivity index (χ3v) is 4.68. The predicted octanol–water partition coefficient (Wildman–Crippen LogP) is 2.95. The number of hydrogen-bond donors (Lipinski definition) is 2. The van der Waals surface area contributed by atoms with Crippen LogP contribution in [0.4, 0.5) is 0 Å². The van der Waals surface area contributed by atoms with Crippen LogP contribution < -0.4 is 25.1 Å². The maximum atomic E-state index is 12.8. The van der Waals surface area contributed by atoms with Crippen molar-refractivity contribution in [3.63, 3.8) is 0 Å². The van der Waals surface area contributed by atoms with E-state index in [1.807, 2.05) is 38.1 Å². The molecule has 3 rings (SSSR count). The van der Waals surface area contributed by atoms with Crippen molar-refractivity contribution in [2.45, 2.75) is 13.8 Å². The Kier molecular flexibility index (Phi) is 6.07. The molecule has 29 heavy (non-hydrogen) atoms. The van der Waals surface area contributed by atoms with Crippen LogP contribution in [0, 0.1) is 13.8 Å². The average Bonchev–Trinajstić information content (AvgIpc) is 2.71. The van der Waals surface area contributed by atoms with Gasteiger partial charge in [-0.1, -0.05) is 0 Å². The van der Waals surface area contributed by atoms with Gasteiger partial charge in [0.2, 0.25) is 6.41 Å². The van der Waals surface area contributed by atoms with Gasteiger partial charge in [-0.05, 0) is 60.2 Å². The SMILES string of the molecule is COc1cc(OC)c2c(=O)[nH]c(-c3cc(C)c(OCCNC=O)c(C)c3)cc2c1. The zero-order chi connectivity index (χ0) is 21.0. The topological polar surface area (TPSA) is 89.7 Å². The molecule has 2 aromatic carbocycles. The molecule has 0 saturated heterocycles. The number of aryl methyl sites for hydroxylation is 2. The van der Waals surface area contributed by atoms with E-state index in [0.717, 1.165) is 27.8 Å². The summed E-state index contributed by atoms with van der Waals surface area (Å²) in [6, 6.07) is 9.34. The van der Waals surface area contributed by atoms with Gasteiger partial charge in [0.05, 0.1) is 26.2 Å². The largest absolute Gasteiger partial charge is 0.497 e. The second-order valence-corrected chi connectivity index (χ2v) is 6.67. The first-order chi connectivity index (χ1) is 14.0. The van der Waals surface area contributed by atoms with Gasteiger partial charge in [-0.15, -0.1) is 0 Å². The van der Waals surface area contributed by atoms with Gasteiger partial charge in [0.15, 0.2) is 0 Å². The van der Waals surface area contributed by atoms with E-state index < -0.39 is 0 Å². The summed E-state index contributed by atoms with van der Waals surface area (Å²) in [5.74, 6) is 1.85. The first-order valence-corrected chi connectivity index (χ1v) is 9.19. The van der Waals surface area contributed by atoms with Crippen molar-refractivity contribution >= 4 is 17.2 Å². The molecule has 1 amide bonds. The third-order valence-electron chi connectivity index (χ3n) is 4.68. The highest BCUT2D eigenvalue weighted by Crippen LogP contribution is 2.33. The van der Waals surface area contributed by atoms with Crippen molar-refractivity contribution in [1.29, 1.82) is 0 Å². The first-order valence-electron chi connectivity index (χ1n) is 9.19. The van der Waals surface area contributed by atoms with Crippen molar-refractivity contribution in [2.24, 2.45) is 0 Å². The van der Waals surface area contributed by atoms with E-state index in [4.69, 9.17) is 14.2 Å². The van der Waals surface area contributed by atoms with Crippen LogP contribution in [0.15, 0.2) is 35.1 Å². The zero-order valence-corrected chi connectivity index (χ0v) is 16.9. The van der Waals surface area contributed by atoms with E-state index in [0.29, 0.717) is 42.1 Å². The molecular formula is C22H24N2O5. The molecule has 1 heterocycles. The number of ether oxygens (including phenoxy) is 3. The Labute approximate surface area is 168 Å². The second kappa shape index (κ2) is 8.68. The molecule has 0 aliphatic carbocycles. The van der Waals surface area contributed by atoms with Crippen LogP contribution in [0.25, 0.3) is 22.0 Å². The molecule has 0 spiro atoms. The lowest BCUT2D eigenvalue weighted by Gasteiger charge is -2.15. The van der Waals surface area contributed by atoms with Crippen LogP contribution in [-0.2, 0) is 4.79 Å². The number of carbonyl (C=O) groups excluding carboxylic acids is 1. The van der Waals surface area contributed by atoms with Crippen LogP contribution in [-0.4, -0.2) is 38.8 Å². The van der Waals surface area contributed by atoms with Crippen LogP contribution in [0.2, 0.25) is 0 Å². The number of rotatable bonds is 8. The maximum Gasteiger partial charge on any atom is 0.260 e. The van der Waals surface area contributed by atoms with Gasteiger partial charge in [0.25, 0.3) is 5.56 Å². The molecule has 0 atom stereocenters. The standard InChI is InChI=1S/C22H24N2O5/c1-13-7-15(8-14(2)21(13)29-6-5-23-12-25)18-10-16-9-17(27-3)11-19(28-4)20(16)22(26)24-18/h7-12H,5-6H2,1-4H3,(H,23,25)(H,24,26). The Morgan fingerprint density at radius 2 is 1.76 bits per heavy atom. The number of hydrogen-bond acceptors (Lipinski definition) is 5. The normalized spacial score (nSPS) is 10.6. The Hall–Kier alpha value is -3.48. The molecule has 7 heteroatoms. The Morgan fingerprint density at radius 1 is 1.03 bits per heavy atom. The summed E-state index contributed by atoms with van der Waals surface area (Å²) >= 11 is 0. The molecule has 7 nitrogen and oxygen atoms in total. The van der Waals surface area contributed by atoms with Crippen LogP contribution >= 0.6 is 0 Å². The fraction of sp³-hybridized carbons (Fsp3) is 0.273. The van der Waals surface area contributed by atoms with Gasteiger partial charge in [-0.3, -0.25) is 9.59 Å². The molecule has 0 fully saturated rings. The average molecular weight is 396 g/mol. The van der Waals surface area contributed by atoms with E-state index in [1.54, 1.807) is 13.2 Å². The minimum absolute atomic E-state index is 0.229. The van der Waals surface area contributed by atoms with Gasteiger partial charge in [-0.2, -0.15) is 0 Å². The van der Waals surface area contributed by atoms with E-state index >= 15 is 0 Å². The molecule has 0 aliphatic heterocycles. The van der Waals surface area contributed by atoms with Crippen LogP contribution in [0.1, 0.15) is 11.1 Å². The summed E-state index contributed by atoms with van der Waals surface area (Å²) in [7, 11) is 3.10. The van der Waals surface area contributed by atoms with Gasteiger partial charge in [0.1, 0.15) is 23.9 Å². The lowest BCUT2D eigenvalue weighted by Crippen LogP contribution is -2.19. The van der Waals surface area contributed by atoms with Gasteiger partial charge in [0, 0.05) is 11.8 Å². The molecule has 0 bridgehead atoms. The highest BCUT2D eigenvalue weighted by molar-refractivity contribution is 5.91. The summed E-state index contributed by atoms with van der Waals surface area (Å²) < 4.78 is 16.5. The maximum absolute atomic E-state index is 12.8. The highest BCUT2D eigenvalue weighted by atomic mass is 16.5. The summed E-state index contributed by atoms with van der Waals surface area (Å²) in [6.07, 6.45) is 0.645. The number of fused-ring (bicyclic) bond motifs is 1. The van der Waals surface area contributed by atoms with Gasteiger partial charge in [-0.25, -0.2) is 0 Å². The second-order valence-electron chi connectivity index (χ2n) is 6.67. The number of aromatic amines is 1. The number of nitrogens with one attached hydrogen (secondary N) is 2. The minimum Gasteiger partial charge on any atom is -0.497 e. The number of methoxy groups -OCH3 is 2. The minimum atomic E-state index is -0.229. The van der Waals surface area contributed by atoms with E-state index in [-0.39, 0.29) is 5.56 Å². The summed E-state index contributed by atoms with van der Waals surface area (Å²) in [4.78, 5) is 26.0. The molecule has 0 saturated carbocycles. The lowest BCUT2D eigenvalue weighted by molar-refractivity contribution is -0.109. The monoisotopic (exact) mass is 396 g/mol. The highest BCUT2D eigenvalue weighted by Gasteiger charge is 2.13. The molecule has 3 aromatic rings. The van der Waals surface area contributed by atoms with E-state index in [1.165, 1.54) is 7.11 Å². The number of amides is 1. The number of benzene rings is 2. The zero-order valence-electron chi connectivity index (χ0n) is 16.9. The molecule has 152 valence electrons. The summed E-state index contributed by atoms with van der Waals surface area (Å²) in [6.45, 7) is 4.71. The quantitative estimate of drug-likeness (QED) is 0.451. The van der Waals surface area contributed by atoms with Crippen molar-refractivity contribution in [3.8, 4) is 28.5 Å². The smallest absolute Gasteiger partial charge is 0.260 e.